The predicted molar refractivity (Wildman–Crippen MR) is 123 cm³/mol. The number of hydrogen-bond acceptors (Lipinski definition) is 2. The molecule has 0 N–H and O–H groups in total. The first-order chi connectivity index (χ1) is 14.1. The largest absolute Gasteiger partial charge is 0.321 e. The van der Waals surface area contributed by atoms with E-state index >= 15 is 0 Å². The molecule has 3 aromatic rings. The summed E-state index contributed by atoms with van der Waals surface area (Å²) in [6.45, 7) is 3.02. The van der Waals surface area contributed by atoms with Gasteiger partial charge in [-0.3, -0.25) is 4.79 Å². The van der Waals surface area contributed by atoms with Crippen molar-refractivity contribution in [1.29, 1.82) is 0 Å². The van der Waals surface area contributed by atoms with E-state index in [4.69, 9.17) is 23.2 Å². The van der Waals surface area contributed by atoms with Gasteiger partial charge in [0, 0.05) is 16.6 Å². The number of benzene rings is 2. The van der Waals surface area contributed by atoms with Crippen LogP contribution in [0, 0.1) is 0 Å². The molecule has 0 aliphatic carbocycles. The van der Waals surface area contributed by atoms with Crippen molar-refractivity contribution >= 4 is 46.1 Å². The molecule has 2 aromatic carbocycles. The zero-order chi connectivity index (χ0) is 20.6. The molecule has 0 radical (unpaired) electrons. The molecule has 0 saturated carbocycles. The minimum absolute atomic E-state index is 0.127. The highest BCUT2D eigenvalue weighted by molar-refractivity contribution is 6.35. The van der Waals surface area contributed by atoms with Crippen LogP contribution < -0.4 is 0 Å². The topological polar surface area (TPSA) is 34.9 Å². The molecule has 1 aromatic heterocycles. The highest BCUT2D eigenvalue weighted by Gasteiger charge is 2.15. The third kappa shape index (κ3) is 5.71. The SMILES string of the molecule is CCCCCCCCn1c(C(=O)/C=C/c2ccc(Cl)cc2Cl)nc2ccccc21. The molecule has 152 valence electrons. The van der Waals surface area contributed by atoms with Gasteiger partial charge in [0.2, 0.25) is 5.78 Å². The quantitative estimate of drug-likeness (QED) is 0.189. The summed E-state index contributed by atoms with van der Waals surface area (Å²) < 4.78 is 2.05. The van der Waals surface area contributed by atoms with E-state index in [-0.39, 0.29) is 5.78 Å². The van der Waals surface area contributed by atoms with Gasteiger partial charge in [0.15, 0.2) is 5.82 Å². The summed E-state index contributed by atoms with van der Waals surface area (Å²) in [7, 11) is 0. The van der Waals surface area contributed by atoms with Crippen molar-refractivity contribution in [2.24, 2.45) is 0 Å². The first-order valence-corrected chi connectivity index (χ1v) is 11.0. The van der Waals surface area contributed by atoms with E-state index in [9.17, 15) is 4.79 Å². The number of imidazole rings is 1. The van der Waals surface area contributed by atoms with Gasteiger partial charge >= 0.3 is 0 Å². The van der Waals surface area contributed by atoms with Crippen molar-refractivity contribution in [3.63, 3.8) is 0 Å². The van der Waals surface area contributed by atoms with Gasteiger partial charge in [-0.2, -0.15) is 0 Å². The Labute approximate surface area is 182 Å². The number of ketones is 1. The second kappa shape index (κ2) is 10.6. The van der Waals surface area contributed by atoms with Gasteiger partial charge in [-0.25, -0.2) is 4.98 Å². The fourth-order valence-electron chi connectivity index (χ4n) is 3.42. The molecule has 3 nitrogen and oxygen atoms in total. The third-order valence-electron chi connectivity index (χ3n) is 4.99. The normalized spacial score (nSPS) is 11.6. The van der Waals surface area contributed by atoms with E-state index in [1.54, 1.807) is 24.3 Å². The van der Waals surface area contributed by atoms with Gasteiger partial charge in [-0.15, -0.1) is 0 Å². The molecule has 0 unspecified atom stereocenters. The molecule has 0 atom stereocenters. The maximum atomic E-state index is 12.9. The number of fused-ring (bicyclic) bond motifs is 1. The number of unbranched alkanes of at least 4 members (excludes halogenated alkanes) is 5. The van der Waals surface area contributed by atoms with Crippen molar-refractivity contribution in [2.75, 3.05) is 0 Å². The van der Waals surface area contributed by atoms with Crippen molar-refractivity contribution in [2.45, 2.75) is 52.0 Å². The number of para-hydroxylation sites is 2. The molecule has 1 heterocycles. The second-order valence-corrected chi connectivity index (χ2v) is 8.05. The molecule has 0 amide bonds. The molecule has 0 saturated heterocycles. The van der Waals surface area contributed by atoms with Crippen molar-refractivity contribution < 1.29 is 4.79 Å². The van der Waals surface area contributed by atoms with Crippen LogP contribution in [0.3, 0.4) is 0 Å². The predicted octanol–water partition coefficient (Wildman–Crippen LogP) is 7.60. The summed E-state index contributed by atoms with van der Waals surface area (Å²) in [6, 6.07) is 13.1. The van der Waals surface area contributed by atoms with Gasteiger partial charge in [-0.1, -0.05) is 80.4 Å². The zero-order valence-corrected chi connectivity index (χ0v) is 18.2. The molecule has 29 heavy (non-hydrogen) atoms. The lowest BCUT2D eigenvalue weighted by molar-refractivity contribution is 0.103. The first kappa shape index (κ1) is 21.6. The smallest absolute Gasteiger partial charge is 0.221 e. The van der Waals surface area contributed by atoms with E-state index in [1.165, 1.54) is 31.8 Å². The van der Waals surface area contributed by atoms with Crippen LogP contribution in [-0.4, -0.2) is 15.3 Å². The Morgan fingerprint density at radius 3 is 2.59 bits per heavy atom. The van der Waals surface area contributed by atoms with E-state index in [0.717, 1.165) is 36.0 Å². The van der Waals surface area contributed by atoms with Gasteiger partial charge < -0.3 is 4.57 Å². The molecule has 0 aliphatic rings. The standard InChI is InChI=1S/C24H26Cl2N2O/c1-2-3-4-5-6-9-16-28-22-11-8-7-10-21(22)27-24(28)23(29)15-13-18-12-14-19(25)17-20(18)26/h7-8,10-15,17H,2-6,9,16H2,1H3/b15-13+. The lowest BCUT2D eigenvalue weighted by atomic mass is 10.1. The van der Waals surface area contributed by atoms with E-state index in [1.807, 2.05) is 28.8 Å². The number of hydrogen-bond donors (Lipinski definition) is 0. The maximum absolute atomic E-state index is 12.9. The Morgan fingerprint density at radius 1 is 1.03 bits per heavy atom. The minimum Gasteiger partial charge on any atom is -0.321 e. The first-order valence-electron chi connectivity index (χ1n) is 10.2. The number of halogens is 2. The monoisotopic (exact) mass is 428 g/mol. The van der Waals surface area contributed by atoms with Crippen LogP contribution in [0.5, 0.6) is 0 Å². The number of rotatable bonds is 10. The fourth-order valence-corrected chi connectivity index (χ4v) is 3.89. The molecule has 0 fully saturated rings. The van der Waals surface area contributed by atoms with E-state index < -0.39 is 0 Å². The van der Waals surface area contributed by atoms with E-state index in [0.29, 0.717) is 15.9 Å². The van der Waals surface area contributed by atoms with Crippen LogP contribution in [0.2, 0.25) is 10.0 Å². The van der Waals surface area contributed by atoms with Gasteiger partial charge in [0.05, 0.1) is 11.0 Å². The Morgan fingerprint density at radius 2 is 1.79 bits per heavy atom. The fraction of sp³-hybridized carbons (Fsp3) is 0.333. The lowest BCUT2D eigenvalue weighted by Crippen LogP contribution is -2.09. The maximum Gasteiger partial charge on any atom is 0.221 e. The van der Waals surface area contributed by atoms with Crippen LogP contribution in [0.25, 0.3) is 17.1 Å². The Balaban J connectivity index is 1.78. The van der Waals surface area contributed by atoms with Crippen molar-refractivity contribution in [3.05, 3.63) is 70.0 Å². The van der Waals surface area contributed by atoms with Gasteiger partial charge in [0.1, 0.15) is 0 Å². The van der Waals surface area contributed by atoms with E-state index in [2.05, 4.69) is 11.9 Å². The zero-order valence-electron chi connectivity index (χ0n) is 16.7. The van der Waals surface area contributed by atoms with Gasteiger partial charge in [-0.05, 0) is 48.4 Å². The molecule has 0 aliphatic heterocycles. The van der Waals surface area contributed by atoms with Crippen molar-refractivity contribution in [1.82, 2.24) is 9.55 Å². The summed E-state index contributed by atoms with van der Waals surface area (Å²) >= 11 is 12.1. The third-order valence-corrected chi connectivity index (χ3v) is 5.55. The van der Waals surface area contributed by atoms with Crippen LogP contribution in [0.4, 0.5) is 0 Å². The number of nitrogens with zero attached hydrogens (tertiary/aromatic N) is 2. The molecular weight excluding hydrogens is 403 g/mol. The number of carbonyl (C=O) groups is 1. The van der Waals surface area contributed by atoms with Crippen LogP contribution in [0.15, 0.2) is 48.5 Å². The summed E-state index contributed by atoms with van der Waals surface area (Å²) in [4.78, 5) is 17.5. The highest BCUT2D eigenvalue weighted by Crippen LogP contribution is 2.23. The summed E-state index contributed by atoms with van der Waals surface area (Å²) in [5.41, 5.74) is 2.60. The highest BCUT2D eigenvalue weighted by atomic mass is 35.5. The Bertz CT molecular complexity index is 1010. The molecular formula is C24H26Cl2N2O. The summed E-state index contributed by atoms with van der Waals surface area (Å²) in [5, 5.41) is 1.08. The molecule has 5 heteroatoms. The van der Waals surface area contributed by atoms with Crippen LogP contribution >= 0.6 is 23.2 Å². The lowest BCUT2D eigenvalue weighted by Gasteiger charge is -2.08. The Hall–Kier alpha value is -2.10. The summed E-state index contributed by atoms with van der Waals surface area (Å²) in [6.07, 6.45) is 10.5. The average molecular weight is 429 g/mol. The Kier molecular flexibility index (Phi) is 7.91. The van der Waals surface area contributed by atoms with Crippen LogP contribution in [-0.2, 0) is 6.54 Å². The van der Waals surface area contributed by atoms with Crippen molar-refractivity contribution in [3.8, 4) is 0 Å². The molecule has 0 bridgehead atoms. The van der Waals surface area contributed by atoms with Gasteiger partial charge in [0.25, 0.3) is 0 Å². The average Bonchev–Trinajstić information content (AvgIpc) is 3.08. The molecule has 3 rings (SSSR count). The minimum atomic E-state index is -0.127. The number of aryl methyl sites for hydroxylation is 1. The van der Waals surface area contributed by atoms with Crippen LogP contribution in [0.1, 0.15) is 61.6 Å². The second-order valence-electron chi connectivity index (χ2n) is 7.21. The number of allylic oxidation sites excluding steroid dienone is 1. The number of aromatic nitrogens is 2. The number of carbonyl (C=O) groups excluding carboxylic acids is 1. The molecule has 0 spiro atoms. The summed E-state index contributed by atoms with van der Waals surface area (Å²) in [5.74, 6) is 0.347.